The number of oxazole rings is 1. The van der Waals surface area contributed by atoms with E-state index in [1.54, 1.807) is 17.0 Å². The topological polar surface area (TPSA) is 101 Å². The van der Waals surface area contributed by atoms with Gasteiger partial charge in [0, 0.05) is 25.2 Å². The zero-order valence-electron chi connectivity index (χ0n) is 16.2. The van der Waals surface area contributed by atoms with E-state index in [9.17, 15) is 9.59 Å². The van der Waals surface area contributed by atoms with Gasteiger partial charge in [-0.15, -0.1) is 0 Å². The molecule has 0 bridgehead atoms. The number of nitrogens with zero attached hydrogens (tertiary/aromatic N) is 2. The second-order valence-electron chi connectivity index (χ2n) is 6.37. The Labute approximate surface area is 159 Å². The summed E-state index contributed by atoms with van der Waals surface area (Å²) in [5, 5.41) is 2.81. The number of anilines is 1. The predicted molar refractivity (Wildman–Crippen MR) is 105 cm³/mol. The number of hydrogen-bond acceptors (Lipinski definition) is 5. The van der Waals surface area contributed by atoms with Gasteiger partial charge < -0.3 is 20.4 Å². The standard InChI is InChI=1S/C20H28N4O3/c1-4-7-22-18(25)15-12-14(19-23-8-11-27-19)13-16(17(15)21)20(26)24(9-5-2)10-6-3/h8,11-13H,4-7,9-10,21H2,1-3H3,(H,22,25). The Morgan fingerprint density at radius 3 is 2.33 bits per heavy atom. The molecule has 0 fully saturated rings. The number of nitrogens with one attached hydrogen (secondary N) is 1. The van der Waals surface area contributed by atoms with Crippen molar-refractivity contribution in [1.29, 1.82) is 0 Å². The first-order chi connectivity index (χ1) is 13.0. The van der Waals surface area contributed by atoms with Gasteiger partial charge in [-0.1, -0.05) is 20.8 Å². The molecule has 2 aromatic rings. The lowest BCUT2D eigenvalue weighted by Crippen LogP contribution is -2.34. The minimum atomic E-state index is -0.311. The van der Waals surface area contributed by atoms with Gasteiger partial charge in [0.15, 0.2) is 0 Å². The van der Waals surface area contributed by atoms with Crippen LogP contribution in [0.4, 0.5) is 5.69 Å². The fourth-order valence-electron chi connectivity index (χ4n) is 2.87. The highest BCUT2D eigenvalue weighted by Gasteiger charge is 2.23. The molecule has 0 atom stereocenters. The Morgan fingerprint density at radius 2 is 1.78 bits per heavy atom. The van der Waals surface area contributed by atoms with E-state index in [1.807, 2.05) is 20.8 Å². The highest BCUT2D eigenvalue weighted by molar-refractivity contribution is 6.08. The Kier molecular flexibility index (Phi) is 7.40. The molecule has 7 heteroatoms. The fraction of sp³-hybridized carbons (Fsp3) is 0.450. The Balaban J connectivity index is 2.52. The first-order valence-electron chi connectivity index (χ1n) is 9.44. The normalized spacial score (nSPS) is 10.6. The molecule has 0 unspecified atom stereocenters. The molecule has 1 aromatic heterocycles. The van der Waals surface area contributed by atoms with E-state index >= 15 is 0 Å². The summed E-state index contributed by atoms with van der Waals surface area (Å²) < 4.78 is 5.36. The number of aromatic nitrogens is 1. The lowest BCUT2D eigenvalue weighted by molar-refractivity contribution is 0.0756. The molecular weight excluding hydrogens is 344 g/mol. The van der Waals surface area contributed by atoms with Crippen molar-refractivity contribution in [1.82, 2.24) is 15.2 Å². The molecule has 0 radical (unpaired) electrons. The quantitative estimate of drug-likeness (QED) is 0.658. The van der Waals surface area contributed by atoms with Crippen molar-refractivity contribution in [3.63, 3.8) is 0 Å². The number of benzene rings is 1. The van der Waals surface area contributed by atoms with Crippen molar-refractivity contribution in [2.45, 2.75) is 40.0 Å². The summed E-state index contributed by atoms with van der Waals surface area (Å²) in [4.78, 5) is 31.6. The van der Waals surface area contributed by atoms with Crippen LogP contribution in [-0.4, -0.2) is 41.3 Å². The monoisotopic (exact) mass is 372 g/mol. The fourth-order valence-corrected chi connectivity index (χ4v) is 2.87. The lowest BCUT2D eigenvalue weighted by Gasteiger charge is -2.23. The third kappa shape index (κ3) is 4.87. The van der Waals surface area contributed by atoms with Crippen LogP contribution >= 0.6 is 0 Å². The van der Waals surface area contributed by atoms with Crippen molar-refractivity contribution in [2.75, 3.05) is 25.4 Å². The molecular formula is C20H28N4O3. The van der Waals surface area contributed by atoms with E-state index in [1.165, 1.54) is 12.5 Å². The maximum Gasteiger partial charge on any atom is 0.255 e. The summed E-state index contributed by atoms with van der Waals surface area (Å²) in [5.74, 6) is -0.158. The number of carbonyl (C=O) groups excluding carboxylic acids is 2. The maximum atomic E-state index is 13.1. The molecule has 0 aliphatic heterocycles. The van der Waals surface area contributed by atoms with Gasteiger partial charge in [-0.3, -0.25) is 9.59 Å². The third-order valence-corrected chi connectivity index (χ3v) is 4.14. The van der Waals surface area contributed by atoms with Crippen LogP contribution in [0.5, 0.6) is 0 Å². The van der Waals surface area contributed by atoms with Gasteiger partial charge in [0.25, 0.3) is 11.8 Å². The van der Waals surface area contributed by atoms with E-state index in [2.05, 4.69) is 10.3 Å². The van der Waals surface area contributed by atoms with Gasteiger partial charge in [-0.25, -0.2) is 4.98 Å². The van der Waals surface area contributed by atoms with Crippen molar-refractivity contribution in [2.24, 2.45) is 0 Å². The van der Waals surface area contributed by atoms with Crippen LogP contribution in [0.1, 0.15) is 60.7 Å². The van der Waals surface area contributed by atoms with Gasteiger partial charge >= 0.3 is 0 Å². The first-order valence-corrected chi connectivity index (χ1v) is 9.44. The van der Waals surface area contributed by atoms with E-state index < -0.39 is 0 Å². The van der Waals surface area contributed by atoms with Crippen LogP contribution in [0.25, 0.3) is 11.5 Å². The minimum absolute atomic E-state index is 0.182. The molecule has 146 valence electrons. The van der Waals surface area contributed by atoms with Gasteiger partial charge in [0.2, 0.25) is 5.89 Å². The van der Waals surface area contributed by atoms with Crippen LogP contribution in [0.2, 0.25) is 0 Å². The van der Waals surface area contributed by atoms with Crippen molar-refractivity contribution < 1.29 is 14.0 Å². The zero-order valence-corrected chi connectivity index (χ0v) is 16.2. The molecule has 27 heavy (non-hydrogen) atoms. The summed E-state index contributed by atoms with van der Waals surface area (Å²) in [6, 6.07) is 3.27. The molecule has 1 aromatic carbocycles. The molecule has 2 amide bonds. The summed E-state index contributed by atoms with van der Waals surface area (Å²) in [6.07, 6.45) is 5.45. The average molecular weight is 372 g/mol. The zero-order chi connectivity index (χ0) is 19.8. The molecule has 3 N–H and O–H groups in total. The predicted octanol–water partition coefficient (Wildman–Crippen LogP) is 3.33. The summed E-state index contributed by atoms with van der Waals surface area (Å²) in [7, 11) is 0. The minimum Gasteiger partial charge on any atom is -0.445 e. The number of nitrogen functional groups attached to an aromatic ring is 1. The van der Waals surface area contributed by atoms with Crippen molar-refractivity contribution in [3.8, 4) is 11.5 Å². The van der Waals surface area contributed by atoms with Crippen molar-refractivity contribution >= 4 is 17.5 Å². The molecule has 1 heterocycles. The highest BCUT2D eigenvalue weighted by atomic mass is 16.3. The van der Waals surface area contributed by atoms with Crippen LogP contribution in [0, 0.1) is 0 Å². The Morgan fingerprint density at radius 1 is 1.11 bits per heavy atom. The first kappa shape index (κ1) is 20.5. The van der Waals surface area contributed by atoms with Crippen LogP contribution in [0.3, 0.4) is 0 Å². The maximum absolute atomic E-state index is 13.1. The summed E-state index contributed by atoms with van der Waals surface area (Å²) in [5.41, 5.74) is 7.54. The van der Waals surface area contributed by atoms with Gasteiger partial charge in [0.1, 0.15) is 6.26 Å². The second kappa shape index (κ2) is 9.75. The molecule has 0 aliphatic rings. The molecule has 0 saturated heterocycles. The van der Waals surface area contributed by atoms with Gasteiger partial charge in [-0.05, 0) is 31.4 Å². The number of rotatable bonds is 9. The smallest absolute Gasteiger partial charge is 0.255 e. The number of carbonyl (C=O) groups is 2. The SMILES string of the molecule is CCCNC(=O)c1cc(-c2ncco2)cc(C(=O)N(CCC)CCC)c1N. The Hall–Kier alpha value is -2.83. The molecule has 0 saturated carbocycles. The molecule has 2 rings (SSSR count). The Bertz CT molecular complexity index is 766. The van der Waals surface area contributed by atoms with E-state index in [-0.39, 0.29) is 23.1 Å². The van der Waals surface area contributed by atoms with Gasteiger partial charge in [-0.2, -0.15) is 0 Å². The second-order valence-corrected chi connectivity index (χ2v) is 6.37. The van der Waals surface area contributed by atoms with Crippen molar-refractivity contribution in [3.05, 3.63) is 35.7 Å². The number of amides is 2. The highest BCUT2D eigenvalue weighted by Crippen LogP contribution is 2.28. The van der Waals surface area contributed by atoms with Crippen LogP contribution < -0.4 is 11.1 Å². The molecule has 0 spiro atoms. The summed E-state index contributed by atoms with van der Waals surface area (Å²) >= 11 is 0. The molecule has 0 aliphatic carbocycles. The molecule has 7 nitrogen and oxygen atoms in total. The van der Waals surface area contributed by atoms with E-state index in [0.717, 1.165) is 19.3 Å². The average Bonchev–Trinajstić information content (AvgIpc) is 3.20. The summed E-state index contributed by atoms with van der Waals surface area (Å²) in [6.45, 7) is 7.80. The third-order valence-electron chi connectivity index (χ3n) is 4.14. The lowest BCUT2D eigenvalue weighted by atomic mass is 10.0. The van der Waals surface area contributed by atoms with E-state index in [0.29, 0.717) is 36.7 Å². The van der Waals surface area contributed by atoms with Gasteiger partial charge in [0.05, 0.1) is 23.0 Å². The number of hydrogen-bond donors (Lipinski definition) is 2. The largest absolute Gasteiger partial charge is 0.445 e. The van der Waals surface area contributed by atoms with Crippen LogP contribution in [0.15, 0.2) is 29.0 Å². The number of nitrogens with two attached hydrogens (primary N) is 1. The van der Waals surface area contributed by atoms with Crippen LogP contribution in [-0.2, 0) is 0 Å². The van der Waals surface area contributed by atoms with E-state index in [4.69, 9.17) is 10.2 Å².